The molecule has 192 valence electrons. The molecule has 0 bridgehead atoms. The second-order valence-corrected chi connectivity index (χ2v) is 10.5. The van der Waals surface area contributed by atoms with E-state index in [0.717, 1.165) is 55.6 Å². The summed E-state index contributed by atoms with van der Waals surface area (Å²) in [6.45, 7) is 3.92. The van der Waals surface area contributed by atoms with Crippen molar-refractivity contribution in [3.63, 3.8) is 0 Å². The maximum atomic E-state index is 14.0. The summed E-state index contributed by atoms with van der Waals surface area (Å²) in [4.78, 5) is 6.50. The Morgan fingerprint density at radius 1 is 1.19 bits per heavy atom. The molecule has 1 aromatic heterocycles. The Morgan fingerprint density at radius 3 is 2.73 bits per heavy atom. The van der Waals surface area contributed by atoms with E-state index < -0.39 is 11.9 Å². The Morgan fingerprint density at radius 2 is 1.97 bits per heavy atom. The van der Waals surface area contributed by atoms with Gasteiger partial charge in [0.15, 0.2) is 11.6 Å². The molecule has 37 heavy (non-hydrogen) atoms. The molecule has 0 radical (unpaired) electrons. The highest BCUT2D eigenvalue weighted by molar-refractivity contribution is 6.36. The first-order valence-corrected chi connectivity index (χ1v) is 13.0. The number of nitrogens with two attached hydrogens (primary N) is 1. The molecule has 1 atom stereocenters. The van der Waals surface area contributed by atoms with Crippen LogP contribution in [0.3, 0.4) is 0 Å². The van der Waals surface area contributed by atoms with Crippen LogP contribution < -0.4 is 15.2 Å². The third kappa shape index (κ3) is 5.19. The molecule has 1 fully saturated rings. The Kier molecular flexibility index (Phi) is 7.17. The predicted molar refractivity (Wildman–Crippen MR) is 143 cm³/mol. The predicted octanol–water partition coefficient (Wildman–Crippen LogP) is 6.60. The minimum absolute atomic E-state index is 0.0816. The molecule has 3 heterocycles. The Hall–Kier alpha value is -3.05. The van der Waals surface area contributed by atoms with Gasteiger partial charge in [-0.2, -0.15) is 5.26 Å². The summed E-state index contributed by atoms with van der Waals surface area (Å²) < 4.78 is 26.7. The number of fused-ring (bicyclic) bond motifs is 1. The van der Waals surface area contributed by atoms with Gasteiger partial charge < -0.3 is 15.2 Å². The van der Waals surface area contributed by atoms with Gasteiger partial charge >= 0.3 is 0 Å². The SMILES string of the molecule is C[C@@H](Oc1cc(-c2ccc3c(c2)OC2(CC3)CCN(CC#N)CC2)cnc1N)c1c(Cl)ccc(F)c1Cl. The number of aryl methyl sites for hydroxylation is 1. The lowest BCUT2D eigenvalue weighted by Crippen LogP contribution is -2.49. The molecule has 2 aliphatic heterocycles. The zero-order valence-corrected chi connectivity index (χ0v) is 21.9. The summed E-state index contributed by atoms with van der Waals surface area (Å²) in [6.07, 6.45) is 4.77. The van der Waals surface area contributed by atoms with Crippen molar-refractivity contribution in [2.45, 2.75) is 44.3 Å². The van der Waals surface area contributed by atoms with Gasteiger partial charge in [-0.05, 0) is 68.0 Å². The van der Waals surface area contributed by atoms with Crippen LogP contribution in [-0.4, -0.2) is 35.1 Å². The van der Waals surface area contributed by atoms with Crippen molar-refractivity contribution in [2.75, 3.05) is 25.4 Å². The molecule has 2 N–H and O–H groups in total. The van der Waals surface area contributed by atoms with Crippen LogP contribution in [0.15, 0.2) is 42.6 Å². The fraction of sp³-hybridized carbons (Fsp3) is 0.357. The van der Waals surface area contributed by atoms with Crippen LogP contribution in [-0.2, 0) is 6.42 Å². The zero-order valence-electron chi connectivity index (χ0n) is 20.4. The molecule has 0 saturated carbocycles. The van der Waals surface area contributed by atoms with Crippen molar-refractivity contribution < 1.29 is 13.9 Å². The van der Waals surface area contributed by atoms with E-state index in [0.29, 0.717) is 22.9 Å². The first kappa shape index (κ1) is 25.6. The van der Waals surface area contributed by atoms with Gasteiger partial charge in [0, 0.05) is 35.4 Å². The van der Waals surface area contributed by atoms with Gasteiger partial charge in [0.2, 0.25) is 0 Å². The first-order valence-electron chi connectivity index (χ1n) is 12.3. The summed E-state index contributed by atoms with van der Waals surface area (Å²) >= 11 is 12.4. The number of benzene rings is 2. The van der Waals surface area contributed by atoms with Crippen molar-refractivity contribution in [3.05, 3.63) is 69.6 Å². The minimum atomic E-state index is -0.659. The second kappa shape index (κ2) is 10.4. The van der Waals surface area contributed by atoms with E-state index in [4.69, 9.17) is 43.7 Å². The summed E-state index contributed by atoms with van der Waals surface area (Å²) in [6, 6.07) is 12.9. The quantitative estimate of drug-likeness (QED) is 0.290. The van der Waals surface area contributed by atoms with Crippen LogP contribution in [0.2, 0.25) is 10.0 Å². The summed E-state index contributed by atoms with van der Waals surface area (Å²) in [7, 11) is 0. The van der Waals surface area contributed by atoms with E-state index in [9.17, 15) is 4.39 Å². The number of nitriles is 1. The third-order valence-electron chi connectivity index (χ3n) is 7.31. The lowest BCUT2D eigenvalue weighted by atomic mass is 9.83. The number of aromatic nitrogens is 1. The van der Waals surface area contributed by atoms with E-state index in [1.165, 1.54) is 17.7 Å². The number of halogens is 3. The average molecular weight is 541 g/mol. The van der Waals surface area contributed by atoms with Gasteiger partial charge in [0.1, 0.15) is 23.3 Å². The summed E-state index contributed by atoms with van der Waals surface area (Å²) in [5.74, 6) is 0.861. The van der Waals surface area contributed by atoms with Gasteiger partial charge in [-0.1, -0.05) is 35.3 Å². The molecule has 0 aliphatic carbocycles. The monoisotopic (exact) mass is 540 g/mol. The Labute approximate surface area is 225 Å². The van der Waals surface area contributed by atoms with E-state index in [2.05, 4.69) is 22.0 Å². The van der Waals surface area contributed by atoms with Crippen LogP contribution in [0.4, 0.5) is 10.2 Å². The number of hydrogen-bond donors (Lipinski definition) is 1. The molecular weight excluding hydrogens is 514 g/mol. The fourth-order valence-electron chi connectivity index (χ4n) is 5.13. The molecular formula is C28H27Cl2FN4O2. The number of nitrogen functional groups attached to an aromatic ring is 1. The van der Waals surface area contributed by atoms with Gasteiger partial charge in [0.05, 0.1) is 17.6 Å². The number of piperidine rings is 1. The number of anilines is 1. The van der Waals surface area contributed by atoms with Gasteiger partial charge in [-0.3, -0.25) is 4.90 Å². The van der Waals surface area contributed by atoms with Gasteiger partial charge in [-0.25, -0.2) is 9.37 Å². The lowest BCUT2D eigenvalue weighted by molar-refractivity contribution is -0.0115. The maximum absolute atomic E-state index is 14.0. The molecule has 3 aromatic rings. The number of hydrogen-bond acceptors (Lipinski definition) is 6. The first-order chi connectivity index (χ1) is 17.8. The molecule has 0 amide bonds. The molecule has 2 aliphatic rings. The number of rotatable bonds is 5. The van der Waals surface area contributed by atoms with Gasteiger partial charge in [-0.15, -0.1) is 0 Å². The van der Waals surface area contributed by atoms with E-state index in [1.54, 1.807) is 19.2 Å². The molecule has 1 spiro atoms. The van der Waals surface area contributed by atoms with Crippen LogP contribution in [0, 0.1) is 17.1 Å². The van der Waals surface area contributed by atoms with Crippen molar-refractivity contribution in [2.24, 2.45) is 0 Å². The standard InChI is InChI=1S/C28H27Cl2FN4O2/c1-17(25-21(29)4-5-22(31)26(25)30)36-24-15-20(16-34-27(24)33)19-3-2-18-6-7-28(37-23(18)14-19)8-11-35(12-9-28)13-10-32/h2-5,14-17H,6-9,11-13H2,1H3,(H2,33,34)/t17-/m1/s1. The average Bonchev–Trinajstić information content (AvgIpc) is 2.89. The van der Waals surface area contributed by atoms with Crippen molar-refractivity contribution in [3.8, 4) is 28.7 Å². The lowest BCUT2D eigenvalue weighted by Gasteiger charge is -2.44. The van der Waals surface area contributed by atoms with E-state index >= 15 is 0 Å². The van der Waals surface area contributed by atoms with Crippen LogP contribution in [0.25, 0.3) is 11.1 Å². The topological polar surface area (TPSA) is 84.4 Å². The number of pyridine rings is 1. The van der Waals surface area contributed by atoms with Crippen molar-refractivity contribution >= 4 is 29.0 Å². The third-order valence-corrected chi connectivity index (χ3v) is 8.02. The second-order valence-electron chi connectivity index (χ2n) is 9.67. The zero-order chi connectivity index (χ0) is 26.2. The highest BCUT2D eigenvalue weighted by Gasteiger charge is 2.39. The van der Waals surface area contributed by atoms with Crippen LogP contribution in [0.1, 0.15) is 43.4 Å². The van der Waals surface area contributed by atoms with Crippen molar-refractivity contribution in [1.82, 2.24) is 9.88 Å². The smallest absolute Gasteiger partial charge is 0.166 e. The minimum Gasteiger partial charge on any atom is -0.487 e. The number of ether oxygens (including phenoxy) is 2. The molecule has 1 saturated heterocycles. The van der Waals surface area contributed by atoms with Crippen LogP contribution in [0.5, 0.6) is 11.5 Å². The summed E-state index contributed by atoms with van der Waals surface area (Å²) in [5.41, 5.74) is 9.18. The summed E-state index contributed by atoms with van der Waals surface area (Å²) in [5, 5.41) is 9.22. The fourth-order valence-corrected chi connectivity index (χ4v) is 5.80. The Bertz CT molecular complexity index is 1370. The molecule has 0 unspecified atom stereocenters. The van der Waals surface area contributed by atoms with Crippen molar-refractivity contribution in [1.29, 1.82) is 5.26 Å². The largest absolute Gasteiger partial charge is 0.487 e. The maximum Gasteiger partial charge on any atom is 0.166 e. The van der Waals surface area contributed by atoms with E-state index in [-0.39, 0.29) is 16.4 Å². The molecule has 5 rings (SSSR count). The highest BCUT2D eigenvalue weighted by Crippen LogP contribution is 2.42. The molecule has 6 nitrogen and oxygen atoms in total. The van der Waals surface area contributed by atoms with E-state index in [1.807, 2.05) is 12.1 Å². The highest BCUT2D eigenvalue weighted by atomic mass is 35.5. The number of likely N-dealkylation sites (tertiary alicyclic amines) is 1. The molecule has 2 aromatic carbocycles. The van der Waals surface area contributed by atoms with Gasteiger partial charge in [0.25, 0.3) is 0 Å². The molecule has 9 heteroatoms. The Balaban J connectivity index is 1.38. The van der Waals surface area contributed by atoms with Crippen LogP contribution >= 0.6 is 23.2 Å². The number of nitrogens with zero attached hydrogens (tertiary/aromatic N) is 3. The normalized spacial score (nSPS) is 17.5.